The lowest BCUT2D eigenvalue weighted by atomic mass is 10.1. The maximum absolute atomic E-state index is 5.75. The molecule has 2 aromatic rings. The first kappa shape index (κ1) is 13.3. The second-order valence-electron chi connectivity index (χ2n) is 4.44. The summed E-state index contributed by atoms with van der Waals surface area (Å²) >= 11 is 5.75. The van der Waals surface area contributed by atoms with Gasteiger partial charge >= 0.3 is 0 Å². The molecular formula is C15H19ClN2. The lowest BCUT2D eigenvalue weighted by molar-refractivity contribution is 0.281. The highest BCUT2D eigenvalue weighted by Crippen LogP contribution is 2.15. The summed E-state index contributed by atoms with van der Waals surface area (Å²) in [7, 11) is 0. The Hall–Kier alpha value is -1.12. The zero-order valence-electron chi connectivity index (χ0n) is 10.8. The minimum absolute atomic E-state index is 0.734. The Kier molecular flexibility index (Phi) is 4.97. The molecule has 2 rings (SSSR count). The van der Waals surface area contributed by atoms with E-state index in [2.05, 4.69) is 41.1 Å². The Morgan fingerprint density at radius 1 is 1.28 bits per heavy atom. The topological polar surface area (TPSA) is 16.1 Å². The second kappa shape index (κ2) is 6.72. The first-order valence-electron chi connectivity index (χ1n) is 6.45. The highest BCUT2D eigenvalue weighted by atomic mass is 35.5. The lowest BCUT2D eigenvalue weighted by Gasteiger charge is -2.20. The molecule has 0 bridgehead atoms. The van der Waals surface area contributed by atoms with Crippen LogP contribution in [0.2, 0.25) is 0 Å². The van der Waals surface area contributed by atoms with Crippen LogP contribution in [0, 0.1) is 0 Å². The highest BCUT2D eigenvalue weighted by molar-refractivity contribution is 6.17. The summed E-state index contributed by atoms with van der Waals surface area (Å²) in [5, 5.41) is 1.21. The van der Waals surface area contributed by atoms with Crippen molar-refractivity contribution in [2.24, 2.45) is 0 Å². The van der Waals surface area contributed by atoms with Gasteiger partial charge in [-0.3, -0.25) is 9.88 Å². The van der Waals surface area contributed by atoms with Crippen LogP contribution in [0.3, 0.4) is 0 Å². The molecule has 1 aromatic carbocycles. The van der Waals surface area contributed by atoms with E-state index < -0.39 is 0 Å². The Bertz CT molecular complexity index is 499. The van der Waals surface area contributed by atoms with Crippen molar-refractivity contribution in [2.75, 3.05) is 19.0 Å². The number of alkyl halides is 1. The van der Waals surface area contributed by atoms with Gasteiger partial charge in [0, 0.05) is 24.0 Å². The largest absolute Gasteiger partial charge is 0.299 e. The number of halogens is 1. The lowest BCUT2D eigenvalue weighted by Crippen LogP contribution is -2.24. The molecule has 3 heteroatoms. The highest BCUT2D eigenvalue weighted by Gasteiger charge is 2.04. The van der Waals surface area contributed by atoms with Crippen molar-refractivity contribution >= 4 is 22.5 Å². The summed E-state index contributed by atoms with van der Waals surface area (Å²) < 4.78 is 0. The van der Waals surface area contributed by atoms with E-state index in [0.29, 0.717) is 0 Å². The third-order valence-electron chi connectivity index (χ3n) is 3.13. The standard InChI is InChI=1S/C15H19ClN2/c1-2-18(10-4-8-16)12-13-6-7-15-14(11-13)5-3-9-17-15/h3,5-7,9,11H,2,4,8,10,12H2,1H3. The average Bonchev–Trinajstić information content (AvgIpc) is 2.43. The van der Waals surface area contributed by atoms with Crippen LogP contribution in [0.1, 0.15) is 18.9 Å². The van der Waals surface area contributed by atoms with Gasteiger partial charge < -0.3 is 0 Å². The van der Waals surface area contributed by atoms with Crippen molar-refractivity contribution < 1.29 is 0 Å². The monoisotopic (exact) mass is 262 g/mol. The smallest absolute Gasteiger partial charge is 0.0702 e. The fourth-order valence-corrected chi connectivity index (χ4v) is 2.23. The van der Waals surface area contributed by atoms with Crippen molar-refractivity contribution in [3.63, 3.8) is 0 Å². The minimum Gasteiger partial charge on any atom is -0.299 e. The van der Waals surface area contributed by atoms with Crippen LogP contribution in [0.5, 0.6) is 0 Å². The van der Waals surface area contributed by atoms with Gasteiger partial charge in [-0.25, -0.2) is 0 Å². The predicted octanol–water partition coefficient (Wildman–Crippen LogP) is 3.69. The first-order chi connectivity index (χ1) is 8.83. The summed E-state index contributed by atoms with van der Waals surface area (Å²) in [5.41, 5.74) is 2.40. The van der Waals surface area contributed by atoms with Gasteiger partial charge in [-0.05, 0) is 43.3 Å². The number of rotatable bonds is 6. The molecule has 0 spiro atoms. The van der Waals surface area contributed by atoms with Crippen LogP contribution < -0.4 is 0 Å². The van der Waals surface area contributed by atoms with Crippen LogP contribution in [0.4, 0.5) is 0 Å². The van der Waals surface area contributed by atoms with Gasteiger partial charge in [-0.15, -0.1) is 11.6 Å². The number of pyridine rings is 1. The first-order valence-corrected chi connectivity index (χ1v) is 6.99. The fourth-order valence-electron chi connectivity index (χ4n) is 2.11. The molecule has 0 N–H and O–H groups in total. The van der Waals surface area contributed by atoms with Crippen molar-refractivity contribution in [1.82, 2.24) is 9.88 Å². The van der Waals surface area contributed by atoms with Crippen molar-refractivity contribution in [3.8, 4) is 0 Å². The molecule has 0 radical (unpaired) electrons. The predicted molar refractivity (Wildman–Crippen MR) is 78.0 cm³/mol. The normalized spacial score (nSPS) is 11.3. The molecular weight excluding hydrogens is 244 g/mol. The van der Waals surface area contributed by atoms with Crippen LogP contribution >= 0.6 is 11.6 Å². The summed E-state index contributed by atoms with van der Waals surface area (Å²) in [6.07, 6.45) is 2.88. The third kappa shape index (κ3) is 3.44. The molecule has 2 nitrogen and oxygen atoms in total. The molecule has 18 heavy (non-hydrogen) atoms. The van der Waals surface area contributed by atoms with Gasteiger partial charge in [0.2, 0.25) is 0 Å². The average molecular weight is 263 g/mol. The molecule has 1 heterocycles. The second-order valence-corrected chi connectivity index (χ2v) is 4.82. The number of hydrogen-bond donors (Lipinski definition) is 0. The van der Waals surface area contributed by atoms with Gasteiger partial charge in [0.25, 0.3) is 0 Å². The molecule has 0 saturated carbocycles. The zero-order valence-corrected chi connectivity index (χ0v) is 11.5. The minimum atomic E-state index is 0.734. The molecule has 0 unspecified atom stereocenters. The van der Waals surface area contributed by atoms with Crippen LogP contribution in [-0.2, 0) is 6.54 Å². The van der Waals surface area contributed by atoms with E-state index in [0.717, 1.165) is 37.5 Å². The Balaban J connectivity index is 2.10. The van der Waals surface area contributed by atoms with Crippen molar-refractivity contribution in [1.29, 1.82) is 0 Å². The van der Waals surface area contributed by atoms with E-state index in [1.807, 2.05) is 12.3 Å². The molecule has 0 aliphatic rings. The SMILES string of the molecule is CCN(CCCCl)Cc1ccc2ncccc2c1. The maximum Gasteiger partial charge on any atom is 0.0702 e. The summed E-state index contributed by atoms with van der Waals surface area (Å²) in [4.78, 5) is 6.76. The third-order valence-corrected chi connectivity index (χ3v) is 3.40. The van der Waals surface area contributed by atoms with Gasteiger partial charge in [-0.1, -0.05) is 19.1 Å². The van der Waals surface area contributed by atoms with Crippen molar-refractivity contribution in [2.45, 2.75) is 19.9 Å². The number of hydrogen-bond acceptors (Lipinski definition) is 2. The molecule has 0 saturated heterocycles. The Morgan fingerprint density at radius 3 is 2.94 bits per heavy atom. The Labute approximate surface area is 114 Å². The fraction of sp³-hybridized carbons (Fsp3) is 0.400. The molecule has 1 aromatic heterocycles. The molecule has 0 aliphatic carbocycles. The van der Waals surface area contributed by atoms with Gasteiger partial charge in [0.05, 0.1) is 5.52 Å². The van der Waals surface area contributed by atoms with Gasteiger partial charge in [0.15, 0.2) is 0 Å². The number of nitrogens with zero attached hydrogens (tertiary/aromatic N) is 2. The summed E-state index contributed by atoms with van der Waals surface area (Å²) in [6.45, 7) is 5.29. The molecule has 96 valence electrons. The Morgan fingerprint density at radius 2 is 2.17 bits per heavy atom. The van der Waals surface area contributed by atoms with E-state index in [1.165, 1.54) is 10.9 Å². The van der Waals surface area contributed by atoms with Crippen LogP contribution in [0.15, 0.2) is 36.5 Å². The molecule has 0 amide bonds. The van der Waals surface area contributed by atoms with Crippen molar-refractivity contribution in [3.05, 3.63) is 42.1 Å². The van der Waals surface area contributed by atoms with E-state index in [4.69, 9.17) is 11.6 Å². The van der Waals surface area contributed by atoms with E-state index in [1.54, 1.807) is 0 Å². The zero-order chi connectivity index (χ0) is 12.8. The van der Waals surface area contributed by atoms with Crippen LogP contribution in [-0.4, -0.2) is 28.9 Å². The van der Waals surface area contributed by atoms with Gasteiger partial charge in [-0.2, -0.15) is 0 Å². The number of benzene rings is 1. The summed E-state index contributed by atoms with van der Waals surface area (Å²) in [5.74, 6) is 0.734. The molecule has 0 aliphatic heterocycles. The van der Waals surface area contributed by atoms with E-state index in [-0.39, 0.29) is 0 Å². The number of fused-ring (bicyclic) bond motifs is 1. The van der Waals surface area contributed by atoms with E-state index >= 15 is 0 Å². The molecule has 0 fully saturated rings. The molecule has 0 atom stereocenters. The number of aromatic nitrogens is 1. The maximum atomic E-state index is 5.75. The van der Waals surface area contributed by atoms with Crippen LogP contribution in [0.25, 0.3) is 10.9 Å². The van der Waals surface area contributed by atoms with Gasteiger partial charge in [0.1, 0.15) is 0 Å². The summed E-state index contributed by atoms with van der Waals surface area (Å²) in [6, 6.07) is 10.6. The van der Waals surface area contributed by atoms with E-state index in [9.17, 15) is 0 Å². The quantitative estimate of drug-likeness (QED) is 0.738.